The third-order valence-electron chi connectivity index (χ3n) is 5.45. The predicted octanol–water partition coefficient (Wildman–Crippen LogP) is 1.38. The van der Waals surface area contributed by atoms with Gasteiger partial charge < -0.3 is 25.5 Å². The highest BCUT2D eigenvalue weighted by atomic mass is 16.4. The van der Waals surface area contributed by atoms with Crippen LogP contribution in [-0.2, 0) is 6.42 Å². The van der Waals surface area contributed by atoms with Crippen LogP contribution < -0.4 is 21.4 Å². The Hall–Kier alpha value is -3.46. The smallest absolute Gasteiger partial charge is 0.345 e. The van der Waals surface area contributed by atoms with E-state index in [1.165, 1.54) is 0 Å². The lowest BCUT2D eigenvalue weighted by Crippen LogP contribution is -2.43. The van der Waals surface area contributed by atoms with Gasteiger partial charge in [-0.05, 0) is 30.5 Å². The number of hydrogen-bond donors (Lipinski definition) is 5. The van der Waals surface area contributed by atoms with Crippen LogP contribution in [0.25, 0.3) is 11.3 Å². The van der Waals surface area contributed by atoms with E-state index in [9.17, 15) is 19.8 Å². The third-order valence-corrected chi connectivity index (χ3v) is 5.45. The molecule has 2 aliphatic heterocycles. The van der Waals surface area contributed by atoms with Gasteiger partial charge in [-0.1, -0.05) is 19.1 Å². The molecule has 3 heterocycles. The van der Waals surface area contributed by atoms with Gasteiger partial charge in [0.15, 0.2) is 5.56 Å². The van der Waals surface area contributed by atoms with Crippen molar-refractivity contribution >= 4 is 11.7 Å². The molecule has 0 saturated carbocycles. The number of hydrazine groups is 2. The fourth-order valence-corrected chi connectivity index (χ4v) is 3.94. The summed E-state index contributed by atoms with van der Waals surface area (Å²) in [4.78, 5) is 28.3. The molecule has 0 radical (unpaired) electrons. The van der Waals surface area contributed by atoms with E-state index in [-0.39, 0.29) is 0 Å². The number of nitrogens with zero attached hydrogens (tertiary/aromatic N) is 2. The maximum Gasteiger partial charge on any atom is 0.345 e. The average Bonchev–Trinajstić information content (AvgIpc) is 3.39. The summed E-state index contributed by atoms with van der Waals surface area (Å²) in [5, 5.41) is 21.6. The van der Waals surface area contributed by atoms with Crippen LogP contribution in [0.5, 0.6) is 5.75 Å². The number of carboxylic acids is 1. The van der Waals surface area contributed by atoms with E-state index in [2.05, 4.69) is 25.9 Å². The van der Waals surface area contributed by atoms with Gasteiger partial charge in [0.1, 0.15) is 5.75 Å². The van der Waals surface area contributed by atoms with Gasteiger partial charge in [-0.2, -0.15) is 0 Å². The SMILES string of the molecule is CCc1c(-c2ccc(N3CCC(N4C=CNN4)C3)cc2)[nH]c(=O)c(C(=O)O)c1O. The minimum Gasteiger partial charge on any atom is -0.506 e. The van der Waals surface area contributed by atoms with Crippen LogP contribution in [-0.4, -0.2) is 45.3 Å². The fourth-order valence-electron chi connectivity index (χ4n) is 3.94. The van der Waals surface area contributed by atoms with E-state index in [0.29, 0.717) is 23.7 Å². The highest BCUT2D eigenvalue weighted by molar-refractivity contribution is 5.92. The van der Waals surface area contributed by atoms with Crippen molar-refractivity contribution in [3.05, 3.63) is 58.1 Å². The molecule has 5 N–H and O–H groups in total. The molecule has 1 aromatic carbocycles. The molecule has 0 aliphatic carbocycles. The molecule has 2 aromatic rings. The monoisotopic (exact) mass is 397 g/mol. The van der Waals surface area contributed by atoms with E-state index in [1.54, 1.807) is 6.92 Å². The summed E-state index contributed by atoms with van der Waals surface area (Å²) in [5.74, 6) is -1.91. The van der Waals surface area contributed by atoms with Crippen LogP contribution in [0.15, 0.2) is 41.5 Å². The highest BCUT2D eigenvalue weighted by Gasteiger charge is 2.28. The number of pyridine rings is 1. The summed E-state index contributed by atoms with van der Waals surface area (Å²) in [7, 11) is 0. The Kier molecular flexibility index (Phi) is 4.89. The maximum atomic E-state index is 12.2. The van der Waals surface area contributed by atoms with Crippen LogP contribution >= 0.6 is 0 Å². The first-order valence-corrected chi connectivity index (χ1v) is 9.52. The van der Waals surface area contributed by atoms with Crippen molar-refractivity contribution in [3.8, 4) is 17.0 Å². The molecule has 0 bridgehead atoms. The second-order valence-electron chi connectivity index (χ2n) is 7.10. The van der Waals surface area contributed by atoms with Gasteiger partial charge in [0.2, 0.25) is 0 Å². The molecule has 0 amide bonds. The number of H-pyrrole nitrogens is 1. The topological polar surface area (TPSA) is 121 Å². The molecule has 1 saturated heterocycles. The van der Waals surface area contributed by atoms with E-state index in [0.717, 1.165) is 30.8 Å². The Bertz CT molecular complexity index is 1010. The molecule has 152 valence electrons. The summed E-state index contributed by atoms with van der Waals surface area (Å²) in [6, 6.07) is 8.07. The molecule has 4 rings (SSSR count). The van der Waals surface area contributed by atoms with Crippen molar-refractivity contribution in [2.24, 2.45) is 0 Å². The maximum absolute atomic E-state index is 12.2. The molecule has 1 atom stereocenters. The zero-order chi connectivity index (χ0) is 20.5. The van der Waals surface area contributed by atoms with Crippen LogP contribution in [0, 0.1) is 0 Å². The summed E-state index contributed by atoms with van der Waals surface area (Å²) in [5.41, 5.74) is 7.25. The van der Waals surface area contributed by atoms with Crippen molar-refractivity contribution < 1.29 is 15.0 Å². The number of nitrogens with one attached hydrogen (secondary N) is 3. The zero-order valence-electron chi connectivity index (χ0n) is 16.0. The Morgan fingerprint density at radius 2 is 2.03 bits per heavy atom. The highest BCUT2D eigenvalue weighted by Crippen LogP contribution is 2.31. The van der Waals surface area contributed by atoms with Crippen molar-refractivity contribution in [1.29, 1.82) is 0 Å². The van der Waals surface area contributed by atoms with E-state index in [1.807, 2.05) is 36.7 Å². The first-order valence-electron chi connectivity index (χ1n) is 9.52. The number of carbonyl (C=O) groups is 1. The number of aromatic carboxylic acids is 1. The van der Waals surface area contributed by atoms with Gasteiger partial charge in [0.25, 0.3) is 5.56 Å². The standard InChI is InChI=1S/C20H23N5O4/c1-2-15-17(22-19(27)16(18(15)26)20(28)29)12-3-5-13(6-4-12)24-9-7-14(11-24)25-10-8-21-23-25/h3-6,8,10,14,21,23H,2,7,9,11H2,1H3,(H,28,29)(H2,22,26,27). The van der Waals surface area contributed by atoms with Gasteiger partial charge in [0.05, 0.1) is 11.7 Å². The lowest BCUT2D eigenvalue weighted by Gasteiger charge is -2.24. The number of carboxylic acid groups (broad SMARTS) is 1. The van der Waals surface area contributed by atoms with Crippen LogP contribution in [0.3, 0.4) is 0 Å². The van der Waals surface area contributed by atoms with Crippen molar-refractivity contribution in [2.75, 3.05) is 18.0 Å². The van der Waals surface area contributed by atoms with Gasteiger partial charge in [-0.15, -0.1) is 5.53 Å². The van der Waals surface area contributed by atoms with Crippen LogP contribution in [0.1, 0.15) is 29.3 Å². The third kappa shape index (κ3) is 3.40. The molecule has 0 spiro atoms. The summed E-state index contributed by atoms with van der Waals surface area (Å²) in [6.07, 6.45) is 5.25. The number of aromatic nitrogens is 1. The lowest BCUT2D eigenvalue weighted by atomic mass is 10.0. The summed E-state index contributed by atoms with van der Waals surface area (Å²) >= 11 is 0. The molecule has 1 aromatic heterocycles. The van der Waals surface area contributed by atoms with Gasteiger partial charge in [0, 0.05) is 36.7 Å². The summed E-state index contributed by atoms with van der Waals surface area (Å²) in [6.45, 7) is 3.61. The Balaban J connectivity index is 1.59. The minimum absolute atomic E-state index is 0.365. The molecule has 1 fully saturated rings. The molecular weight excluding hydrogens is 374 g/mol. The molecule has 29 heavy (non-hydrogen) atoms. The number of hydrogen-bond acceptors (Lipinski definition) is 7. The fraction of sp³-hybridized carbons (Fsp3) is 0.300. The number of aromatic amines is 1. The normalized spacial score (nSPS) is 18.3. The van der Waals surface area contributed by atoms with Gasteiger partial charge in [-0.3, -0.25) is 9.80 Å². The number of aromatic hydroxyl groups is 1. The van der Waals surface area contributed by atoms with Crippen molar-refractivity contribution in [2.45, 2.75) is 25.8 Å². The van der Waals surface area contributed by atoms with E-state index >= 15 is 0 Å². The predicted molar refractivity (Wildman–Crippen MR) is 108 cm³/mol. The van der Waals surface area contributed by atoms with E-state index in [4.69, 9.17) is 0 Å². The number of rotatable bonds is 5. The Labute approximate surface area is 167 Å². The number of anilines is 1. The molecule has 1 unspecified atom stereocenters. The van der Waals surface area contributed by atoms with Gasteiger partial charge in [-0.25, -0.2) is 4.79 Å². The van der Waals surface area contributed by atoms with E-state index < -0.39 is 22.8 Å². The van der Waals surface area contributed by atoms with Crippen molar-refractivity contribution in [1.82, 2.24) is 21.0 Å². The first-order chi connectivity index (χ1) is 14.0. The largest absolute Gasteiger partial charge is 0.506 e. The average molecular weight is 397 g/mol. The van der Waals surface area contributed by atoms with Crippen LogP contribution in [0.4, 0.5) is 5.69 Å². The summed E-state index contributed by atoms with van der Waals surface area (Å²) < 4.78 is 0. The van der Waals surface area contributed by atoms with Gasteiger partial charge >= 0.3 is 5.97 Å². The second kappa shape index (κ2) is 7.51. The quantitative estimate of drug-likeness (QED) is 0.513. The van der Waals surface area contributed by atoms with Crippen molar-refractivity contribution in [3.63, 3.8) is 0 Å². The number of benzene rings is 1. The van der Waals surface area contributed by atoms with Crippen LogP contribution in [0.2, 0.25) is 0 Å². The lowest BCUT2D eigenvalue weighted by molar-refractivity contribution is 0.0691. The Morgan fingerprint density at radius 1 is 1.28 bits per heavy atom. The Morgan fingerprint density at radius 3 is 2.66 bits per heavy atom. The minimum atomic E-state index is -1.44. The zero-order valence-corrected chi connectivity index (χ0v) is 16.0. The first kappa shape index (κ1) is 18.9. The molecule has 9 nitrogen and oxygen atoms in total. The molecular formula is C20H23N5O4. The molecule has 2 aliphatic rings. The second-order valence-corrected chi connectivity index (χ2v) is 7.10. The molecule has 9 heteroatoms.